The Hall–Kier alpha value is -0.910. The maximum atomic E-state index is 12.5. The van der Waals surface area contributed by atoms with Gasteiger partial charge in [-0.2, -0.15) is 0 Å². The molecule has 1 fully saturated rings. The minimum absolute atomic E-state index is 0.345. The predicted octanol–water partition coefficient (Wildman–Crippen LogP) is 2.06. The Kier molecular flexibility index (Phi) is 3.96. The molecule has 1 rings (SSSR count). The van der Waals surface area contributed by atoms with Crippen LogP contribution in [0.4, 0.5) is 13.6 Å². The molecule has 0 aromatic heterocycles. The van der Waals surface area contributed by atoms with Crippen molar-refractivity contribution < 1.29 is 23.4 Å². The van der Waals surface area contributed by atoms with Crippen molar-refractivity contribution >= 4 is 6.09 Å². The summed E-state index contributed by atoms with van der Waals surface area (Å²) >= 11 is 0. The maximum absolute atomic E-state index is 12.5. The summed E-state index contributed by atoms with van der Waals surface area (Å²) in [6, 6.07) is 0. The molecule has 1 atom stereocenters. The second kappa shape index (κ2) is 4.76. The molecule has 0 heterocycles. The van der Waals surface area contributed by atoms with Gasteiger partial charge >= 0.3 is 6.09 Å². The Morgan fingerprint density at radius 1 is 1.41 bits per heavy atom. The average molecular weight is 251 g/mol. The molecule has 4 nitrogen and oxygen atoms in total. The van der Waals surface area contributed by atoms with Gasteiger partial charge in [0.25, 0.3) is 6.43 Å². The second-order valence-electron chi connectivity index (χ2n) is 5.42. The number of aliphatic hydroxyl groups is 1. The molecule has 2 N–H and O–H groups in total. The number of amides is 1. The molecule has 1 aliphatic rings. The lowest BCUT2D eigenvalue weighted by Crippen LogP contribution is -2.63. The lowest BCUT2D eigenvalue weighted by atomic mass is 9.73. The molecule has 0 spiro atoms. The summed E-state index contributed by atoms with van der Waals surface area (Å²) in [5, 5.41) is 11.8. The van der Waals surface area contributed by atoms with E-state index >= 15 is 0 Å². The molecule has 6 heteroatoms. The van der Waals surface area contributed by atoms with Gasteiger partial charge in [-0.1, -0.05) is 0 Å². The number of hydrogen-bond acceptors (Lipinski definition) is 3. The second-order valence-corrected chi connectivity index (χ2v) is 5.42. The van der Waals surface area contributed by atoms with E-state index in [0.29, 0.717) is 19.3 Å². The van der Waals surface area contributed by atoms with Crippen LogP contribution in [0, 0.1) is 0 Å². The van der Waals surface area contributed by atoms with E-state index in [1.54, 1.807) is 20.8 Å². The standard InChI is InChI=1S/C11H19F2NO3/c1-10(2,3)17-9(16)14-11(5-4-6-11)7(15)8(12)13/h7-8,15H,4-6H2,1-3H3,(H,14,16). The fourth-order valence-corrected chi connectivity index (χ4v) is 1.80. The first-order valence-corrected chi connectivity index (χ1v) is 5.64. The molecule has 0 radical (unpaired) electrons. The summed E-state index contributed by atoms with van der Waals surface area (Å²) in [6.45, 7) is 5.05. The zero-order chi connectivity index (χ0) is 13.3. The summed E-state index contributed by atoms with van der Waals surface area (Å²) in [5.41, 5.74) is -1.92. The summed E-state index contributed by atoms with van der Waals surface area (Å²) in [7, 11) is 0. The molecule has 1 saturated carbocycles. The normalized spacial score (nSPS) is 20.6. The Bertz CT molecular complexity index is 285. The first-order chi connectivity index (χ1) is 7.66. The van der Waals surface area contributed by atoms with Crippen molar-refractivity contribution in [3.05, 3.63) is 0 Å². The van der Waals surface area contributed by atoms with Crippen molar-refractivity contribution in [3.8, 4) is 0 Å². The minimum Gasteiger partial charge on any atom is -0.444 e. The van der Waals surface area contributed by atoms with Crippen LogP contribution in [0.25, 0.3) is 0 Å². The van der Waals surface area contributed by atoms with E-state index in [4.69, 9.17) is 4.74 Å². The van der Waals surface area contributed by atoms with Gasteiger partial charge in [0.2, 0.25) is 0 Å². The van der Waals surface area contributed by atoms with Crippen molar-refractivity contribution in [2.24, 2.45) is 0 Å². The fourth-order valence-electron chi connectivity index (χ4n) is 1.80. The zero-order valence-corrected chi connectivity index (χ0v) is 10.3. The van der Waals surface area contributed by atoms with Crippen molar-refractivity contribution in [2.75, 3.05) is 0 Å². The quantitative estimate of drug-likeness (QED) is 0.807. The maximum Gasteiger partial charge on any atom is 0.408 e. The molecule has 0 aromatic rings. The average Bonchev–Trinajstić information content (AvgIpc) is 2.07. The van der Waals surface area contributed by atoms with Gasteiger partial charge in [-0.3, -0.25) is 0 Å². The number of alkyl halides is 2. The third kappa shape index (κ3) is 3.52. The molecule has 17 heavy (non-hydrogen) atoms. The Morgan fingerprint density at radius 3 is 2.24 bits per heavy atom. The van der Waals surface area contributed by atoms with Gasteiger partial charge < -0.3 is 15.2 Å². The summed E-state index contributed by atoms with van der Waals surface area (Å²) in [6.07, 6.45) is -4.08. The van der Waals surface area contributed by atoms with Crippen molar-refractivity contribution in [2.45, 2.75) is 63.7 Å². The topological polar surface area (TPSA) is 58.6 Å². The van der Waals surface area contributed by atoms with Gasteiger partial charge in [0.05, 0.1) is 5.54 Å². The molecular weight excluding hydrogens is 232 g/mol. The van der Waals surface area contributed by atoms with E-state index in [1.807, 2.05) is 0 Å². The van der Waals surface area contributed by atoms with Gasteiger partial charge in [0, 0.05) is 0 Å². The number of aliphatic hydroxyl groups excluding tert-OH is 1. The number of halogens is 2. The smallest absolute Gasteiger partial charge is 0.408 e. The van der Waals surface area contributed by atoms with E-state index < -0.39 is 29.8 Å². The first-order valence-electron chi connectivity index (χ1n) is 5.64. The van der Waals surface area contributed by atoms with Crippen LogP contribution in [0.3, 0.4) is 0 Å². The van der Waals surface area contributed by atoms with Crippen LogP contribution in [0.2, 0.25) is 0 Å². The minimum atomic E-state index is -2.87. The molecule has 1 unspecified atom stereocenters. The summed E-state index contributed by atoms with van der Waals surface area (Å²) in [5.74, 6) is 0. The van der Waals surface area contributed by atoms with Crippen LogP contribution in [0.15, 0.2) is 0 Å². The molecule has 1 aliphatic carbocycles. The number of carbonyl (C=O) groups is 1. The Balaban J connectivity index is 2.61. The third-order valence-electron chi connectivity index (χ3n) is 2.80. The highest BCUT2D eigenvalue weighted by Crippen LogP contribution is 2.37. The predicted molar refractivity (Wildman–Crippen MR) is 58.0 cm³/mol. The fraction of sp³-hybridized carbons (Fsp3) is 0.909. The number of ether oxygens (including phenoxy) is 1. The molecule has 100 valence electrons. The number of rotatable bonds is 3. The molecule has 0 saturated heterocycles. The van der Waals surface area contributed by atoms with E-state index in [0.717, 1.165) is 0 Å². The monoisotopic (exact) mass is 251 g/mol. The highest BCUT2D eigenvalue weighted by Gasteiger charge is 2.49. The lowest BCUT2D eigenvalue weighted by molar-refractivity contribution is -0.0873. The van der Waals surface area contributed by atoms with Gasteiger partial charge in [-0.05, 0) is 40.0 Å². The lowest BCUT2D eigenvalue weighted by Gasteiger charge is -2.45. The molecular formula is C11H19F2NO3. The van der Waals surface area contributed by atoms with Gasteiger partial charge in [-0.15, -0.1) is 0 Å². The number of carbonyl (C=O) groups excluding carboxylic acids is 1. The summed E-state index contributed by atoms with van der Waals surface area (Å²) < 4.78 is 30.0. The van der Waals surface area contributed by atoms with Crippen LogP contribution < -0.4 is 5.32 Å². The highest BCUT2D eigenvalue weighted by molar-refractivity contribution is 5.69. The molecule has 0 aliphatic heterocycles. The van der Waals surface area contributed by atoms with Gasteiger partial charge in [0.15, 0.2) is 0 Å². The van der Waals surface area contributed by atoms with Gasteiger partial charge in [0.1, 0.15) is 11.7 Å². The number of hydrogen-bond donors (Lipinski definition) is 2. The van der Waals surface area contributed by atoms with E-state index in [2.05, 4.69) is 5.32 Å². The largest absolute Gasteiger partial charge is 0.444 e. The van der Waals surface area contributed by atoms with E-state index in [9.17, 15) is 18.7 Å². The van der Waals surface area contributed by atoms with Gasteiger partial charge in [-0.25, -0.2) is 13.6 Å². The van der Waals surface area contributed by atoms with Crippen LogP contribution >= 0.6 is 0 Å². The van der Waals surface area contributed by atoms with E-state index in [1.165, 1.54) is 0 Å². The molecule has 1 amide bonds. The van der Waals surface area contributed by atoms with Crippen molar-refractivity contribution in [1.82, 2.24) is 5.32 Å². The SMILES string of the molecule is CC(C)(C)OC(=O)NC1(C(O)C(F)F)CCC1. The Morgan fingerprint density at radius 2 is 1.94 bits per heavy atom. The molecule has 0 bridgehead atoms. The van der Waals surface area contributed by atoms with E-state index in [-0.39, 0.29) is 0 Å². The number of nitrogens with one attached hydrogen (secondary N) is 1. The van der Waals surface area contributed by atoms with Crippen LogP contribution in [-0.2, 0) is 4.74 Å². The zero-order valence-electron chi connectivity index (χ0n) is 10.3. The first kappa shape index (κ1) is 14.2. The number of alkyl carbamates (subject to hydrolysis) is 1. The van der Waals surface area contributed by atoms with Crippen molar-refractivity contribution in [1.29, 1.82) is 0 Å². The van der Waals surface area contributed by atoms with Crippen molar-refractivity contribution in [3.63, 3.8) is 0 Å². The van der Waals surface area contributed by atoms with Crippen LogP contribution in [0.1, 0.15) is 40.0 Å². The molecule has 0 aromatic carbocycles. The third-order valence-corrected chi connectivity index (χ3v) is 2.80. The summed E-state index contributed by atoms with van der Waals surface area (Å²) in [4.78, 5) is 11.5. The Labute approximate surface area is 99.3 Å². The van der Waals surface area contributed by atoms with Crippen LogP contribution in [0.5, 0.6) is 0 Å². The highest BCUT2D eigenvalue weighted by atomic mass is 19.3. The van der Waals surface area contributed by atoms with Crippen LogP contribution in [-0.4, -0.2) is 34.9 Å².